The van der Waals surface area contributed by atoms with Gasteiger partial charge < -0.3 is 9.84 Å². The molecule has 0 aliphatic heterocycles. The first-order valence-electron chi connectivity index (χ1n) is 8.30. The van der Waals surface area contributed by atoms with Crippen molar-refractivity contribution in [3.05, 3.63) is 60.7 Å². The van der Waals surface area contributed by atoms with E-state index in [2.05, 4.69) is 16.5 Å². The Hall–Kier alpha value is -2.53. The first-order chi connectivity index (χ1) is 12.1. The van der Waals surface area contributed by atoms with E-state index in [1.165, 1.54) is 6.07 Å². The van der Waals surface area contributed by atoms with Crippen LogP contribution in [0.5, 0.6) is 6.01 Å². The number of nitrogens with zero attached hydrogens (tertiary/aromatic N) is 2. The number of ether oxygens (including phenoxy) is 1. The molecule has 0 bridgehead atoms. The van der Waals surface area contributed by atoms with Gasteiger partial charge in [-0.1, -0.05) is 36.9 Å². The van der Waals surface area contributed by atoms with Crippen molar-refractivity contribution < 1.29 is 14.2 Å². The van der Waals surface area contributed by atoms with Crippen molar-refractivity contribution in [1.29, 1.82) is 0 Å². The number of rotatable bonds is 9. The minimum Gasteiger partial charge on any atom is -0.459 e. The Kier molecular flexibility index (Phi) is 7.29. The van der Waals surface area contributed by atoms with Gasteiger partial charge in [0.05, 0.1) is 6.10 Å². The number of aromatic nitrogens is 2. The number of halogens is 1. The van der Waals surface area contributed by atoms with Crippen LogP contribution in [0.4, 0.5) is 4.39 Å². The van der Waals surface area contributed by atoms with E-state index in [0.717, 1.165) is 24.8 Å². The van der Waals surface area contributed by atoms with Crippen LogP contribution < -0.4 is 4.74 Å². The molecule has 2 rings (SSSR count). The highest BCUT2D eigenvalue weighted by Gasteiger charge is 2.05. The van der Waals surface area contributed by atoms with Crippen LogP contribution in [0, 0.1) is 5.82 Å². The summed E-state index contributed by atoms with van der Waals surface area (Å²) >= 11 is 0. The van der Waals surface area contributed by atoms with E-state index in [1.54, 1.807) is 37.5 Å². The molecule has 4 nitrogen and oxygen atoms in total. The van der Waals surface area contributed by atoms with Gasteiger partial charge in [-0.3, -0.25) is 0 Å². The normalized spacial score (nSPS) is 12.3. The monoisotopic (exact) mass is 342 g/mol. The lowest BCUT2D eigenvalue weighted by Crippen LogP contribution is -1.98. The number of benzene rings is 1. The Morgan fingerprint density at radius 1 is 1.28 bits per heavy atom. The van der Waals surface area contributed by atoms with Crippen LogP contribution in [0.15, 0.2) is 49.3 Å². The Labute approximate surface area is 147 Å². The zero-order chi connectivity index (χ0) is 18.1. The Morgan fingerprint density at radius 3 is 2.68 bits per heavy atom. The average molecular weight is 342 g/mol. The minimum atomic E-state index is -0.295. The molecule has 1 unspecified atom stereocenters. The number of aliphatic hydroxyl groups excluding tert-OH is 1. The van der Waals surface area contributed by atoms with Crippen LogP contribution in [0.1, 0.15) is 31.7 Å². The average Bonchev–Trinajstić information content (AvgIpc) is 2.61. The molecule has 0 aliphatic carbocycles. The summed E-state index contributed by atoms with van der Waals surface area (Å²) in [5.41, 5.74) is 1.96. The van der Waals surface area contributed by atoms with Crippen LogP contribution in [0.2, 0.25) is 0 Å². The van der Waals surface area contributed by atoms with Crippen molar-refractivity contribution in [2.24, 2.45) is 0 Å². The number of unbranched alkanes of at least 4 members (excludes halogenated alkanes) is 1. The second kappa shape index (κ2) is 9.69. The van der Waals surface area contributed by atoms with Crippen LogP contribution in [0.25, 0.3) is 17.2 Å². The summed E-state index contributed by atoms with van der Waals surface area (Å²) in [4.78, 5) is 8.18. The zero-order valence-electron chi connectivity index (χ0n) is 14.4. The molecule has 0 amide bonds. The standard InChI is InChI=1S/C20H23FN2O2/c1-3-11-25-20-22-13-18(14-23-20)17-10-9-16(19(21)12-17)8-6-4-5-7-15(2)24/h3,6,8-10,12-15,24H,1,4-5,7,11H2,2H3. The lowest BCUT2D eigenvalue weighted by Gasteiger charge is -2.05. The Morgan fingerprint density at radius 2 is 2.04 bits per heavy atom. The summed E-state index contributed by atoms with van der Waals surface area (Å²) < 4.78 is 19.5. The fourth-order valence-electron chi connectivity index (χ4n) is 2.26. The molecule has 0 spiro atoms. The number of hydrogen-bond acceptors (Lipinski definition) is 4. The molecule has 0 saturated heterocycles. The van der Waals surface area contributed by atoms with Crippen molar-refractivity contribution in [3.63, 3.8) is 0 Å². The molecule has 25 heavy (non-hydrogen) atoms. The maximum absolute atomic E-state index is 14.3. The van der Waals surface area contributed by atoms with Crippen LogP contribution in [-0.4, -0.2) is 27.8 Å². The van der Waals surface area contributed by atoms with Crippen molar-refractivity contribution in [2.45, 2.75) is 32.3 Å². The fraction of sp³-hybridized carbons (Fsp3) is 0.300. The van der Waals surface area contributed by atoms with E-state index in [0.29, 0.717) is 17.7 Å². The summed E-state index contributed by atoms with van der Waals surface area (Å²) in [6, 6.07) is 5.30. The fourth-order valence-corrected chi connectivity index (χ4v) is 2.26. The van der Waals surface area contributed by atoms with Crippen molar-refractivity contribution in [3.8, 4) is 17.1 Å². The summed E-state index contributed by atoms with van der Waals surface area (Å²) in [6.45, 7) is 5.67. The van der Waals surface area contributed by atoms with Gasteiger partial charge in [-0.25, -0.2) is 14.4 Å². The third-order valence-electron chi connectivity index (χ3n) is 3.58. The summed E-state index contributed by atoms with van der Waals surface area (Å²) in [7, 11) is 0. The molecular formula is C20H23FN2O2. The molecule has 0 fully saturated rings. The molecular weight excluding hydrogens is 319 g/mol. The van der Waals surface area contributed by atoms with E-state index in [4.69, 9.17) is 4.74 Å². The molecule has 5 heteroatoms. The van der Waals surface area contributed by atoms with E-state index >= 15 is 0 Å². The molecule has 132 valence electrons. The Bertz CT molecular complexity index is 712. The Balaban J connectivity index is 2.00. The third kappa shape index (κ3) is 6.12. The number of hydrogen-bond donors (Lipinski definition) is 1. The van der Waals surface area contributed by atoms with Gasteiger partial charge >= 0.3 is 6.01 Å². The molecule has 1 N–H and O–H groups in total. The van der Waals surface area contributed by atoms with Crippen molar-refractivity contribution >= 4 is 6.08 Å². The molecule has 1 heterocycles. The highest BCUT2D eigenvalue weighted by Crippen LogP contribution is 2.22. The van der Waals surface area contributed by atoms with Crippen molar-refractivity contribution in [1.82, 2.24) is 9.97 Å². The minimum absolute atomic E-state index is 0.265. The summed E-state index contributed by atoms with van der Waals surface area (Å²) in [5, 5.41) is 9.20. The first-order valence-corrected chi connectivity index (χ1v) is 8.30. The largest absolute Gasteiger partial charge is 0.459 e. The van der Waals surface area contributed by atoms with Gasteiger partial charge in [0, 0.05) is 23.5 Å². The van der Waals surface area contributed by atoms with Crippen LogP contribution >= 0.6 is 0 Å². The van der Waals surface area contributed by atoms with Gasteiger partial charge in [-0.2, -0.15) is 0 Å². The van der Waals surface area contributed by atoms with Gasteiger partial charge in [-0.15, -0.1) is 0 Å². The van der Waals surface area contributed by atoms with Gasteiger partial charge in [0.15, 0.2) is 0 Å². The lowest BCUT2D eigenvalue weighted by atomic mass is 10.1. The molecule has 0 radical (unpaired) electrons. The highest BCUT2D eigenvalue weighted by atomic mass is 19.1. The van der Waals surface area contributed by atoms with E-state index < -0.39 is 0 Å². The van der Waals surface area contributed by atoms with Crippen LogP contribution in [0.3, 0.4) is 0 Å². The molecule has 0 saturated carbocycles. The maximum atomic E-state index is 14.3. The quantitative estimate of drug-likeness (QED) is 0.542. The van der Waals surface area contributed by atoms with Crippen LogP contribution in [-0.2, 0) is 0 Å². The zero-order valence-corrected chi connectivity index (χ0v) is 14.4. The van der Waals surface area contributed by atoms with Gasteiger partial charge in [0.2, 0.25) is 0 Å². The highest BCUT2D eigenvalue weighted by molar-refractivity contribution is 5.64. The molecule has 1 atom stereocenters. The molecule has 1 aromatic heterocycles. The predicted molar refractivity (Wildman–Crippen MR) is 97.7 cm³/mol. The van der Waals surface area contributed by atoms with E-state index in [-0.39, 0.29) is 17.9 Å². The smallest absolute Gasteiger partial charge is 0.316 e. The third-order valence-corrected chi connectivity index (χ3v) is 3.58. The van der Waals surface area contributed by atoms with Gasteiger partial charge in [0.25, 0.3) is 0 Å². The van der Waals surface area contributed by atoms with E-state index in [9.17, 15) is 9.50 Å². The first kappa shape index (κ1) is 18.8. The van der Waals surface area contributed by atoms with E-state index in [1.807, 2.05) is 12.1 Å². The second-order valence-electron chi connectivity index (χ2n) is 5.77. The lowest BCUT2D eigenvalue weighted by molar-refractivity contribution is 0.182. The topological polar surface area (TPSA) is 55.2 Å². The molecule has 1 aromatic carbocycles. The van der Waals surface area contributed by atoms with Gasteiger partial charge in [0.1, 0.15) is 12.4 Å². The van der Waals surface area contributed by atoms with Gasteiger partial charge in [-0.05, 0) is 37.8 Å². The van der Waals surface area contributed by atoms with Crippen molar-refractivity contribution in [2.75, 3.05) is 6.61 Å². The second-order valence-corrected chi connectivity index (χ2v) is 5.77. The SMILES string of the molecule is C=CCOc1ncc(-c2ccc(C=CCCCC(C)O)c(F)c2)cn1. The number of allylic oxidation sites excluding steroid dienone is 1. The summed E-state index contributed by atoms with van der Waals surface area (Å²) in [6.07, 6.45) is 10.7. The predicted octanol–water partition coefficient (Wildman–Crippen LogP) is 4.41. The summed E-state index contributed by atoms with van der Waals surface area (Å²) in [5.74, 6) is -0.295. The molecule has 0 aliphatic rings. The maximum Gasteiger partial charge on any atom is 0.316 e. The number of aliphatic hydroxyl groups is 1. The molecule has 2 aromatic rings.